The van der Waals surface area contributed by atoms with Crippen molar-refractivity contribution in [3.8, 4) is 0 Å². The van der Waals surface area contributed by atoms with Gasteiger partial charge in [-0.15, -0.1) is 11.6 Å². The molecule has 0 atom stereocenters. The highest BCUT2D eigenvalue weighted by molar-refractivity contribution is 7.89. The van der Waals surface area contributed by atoms with Gasteiger partial charge in [-0.2, -0.15) is 0 Å². The summed E-state index contributed by atoms with van der Waals surface area (Å²) < 4.78 is 25.6. The summed E-state index contributed by atoms with van der Waals surface area (Å²) >= 11 is 5.49. The summed E-state index contributed by atoms with van der Waals surface area (Å²) in [4.78, 5) is 8.06. The molecule has 96 valence electrons. The van der Waals surface area contributed by atoms with E-state index in [0.29, 0.717) is 30.2 Å². The molecule has 1 aromatic heterocycles. The first kappa shape index (κ1) is 14.3. The fourth-order valence-electron chi connectivity index (χ4n) is 1.25. The zero-order chi connectivity index (χ0) is 12.7. The topological polar surface area (TPSA) is 72.0 Å². The summed E-state index contributed by atoms with van der Waals surface area (Å²) in [5, 5.41) is 0. The molecule has 0 radical (unpaired) electrons. The number of nitrogens with one attached hydrogen (secondary N) is 1. The quantitative estimate of drug-likeness (QED) is 0.601. The van der Waals surface area contributed by atoms with Gasteiger partial charge in [-0.1, -0.05) is 0 Å². The smallest absolute Gasteiger partial charge is 0.211 e. The lowest BCUT2D eigenvalue weighted by atomic mass is 10.4. The van der Waals surface area contributed by atoms with Gasteiger partial charge in [0.25, 0.3) is 0 Å². The van der Waals surface area contributed by atoms with Gasteiger partial charge in [-0.3, -0.25) is 0 Å². The maximum atomic E-state index is 11.6. The van der Waals surface area contributed by atoms with Gasteiger partial charge in [0, 0.05) is 12.1 Å². The van der Waals surface area contributed by atoms with Crippen LogP contribution in [-0.2, 0) is 16.6 Å². The van der Waals surface area contributed by atoms with Crippen molar-refractivity contribution in [3.05, 3.63) is 23.8 Å². The van der Waals surface area contributed by atoms with Crippen LogP contribution in [0.25, 0.3) is 0 Å². The van der Waals surface area contributed by atoms with Crippen LogP contribution in [0.1, 0.15) is 24.4 Å². The monoisotopic (exact) mass is 277 g/mol. The number of aromatic nitrogens is 2. The Morgan fingerprint density at radius 2 is 2.18 bits per heavy atom. The summed E-state index contributed by atoms with van der Waals surface area (Å²) in [5.41, 5.74) is 0.665. The summed E-state index contributed by atoms with van der Waals surface area (Å²) in [5.74, 6) is 1.22. The molecule has 0 unspecified atom stereocenters. The van der Waals surface area contributed by atoms with E-state index in [1.165, 1.54) is 0 Å². The van der Waals surface area contributed by atoms with Gasteiger partial charge in [0.2, 0.25) is 10.0 Å². The molecular formula is C10H16ClN3O2S. The summed E-state index contributed by atoms with van der Waals surface area (Å²) in [6.45, 7) is 1.96. The second-order valence-electron chi connectivity index (χ2n) is 3.63. The van der Waals surface area contributed by atoms with Crippen molar-refractivity contribution >= 4 is 21.6 Å². The number of alkyl halides is 1. The maximum absolute atomic E-state index is 11.6. The predicted octanol–water partition coefficient (Wildman–Crippen LogP) is 1.22. The van der Waals surface area contributed by atoms with Gasteiger partial charge in [-0.05, 0) is 25.8 Å². The number of unbranched alkanes of at least 4 members (excludes halogenated alkanes) is 1. The van der Waals surface area contributed by atoms with Gasteiger partial charge in [-0.25, -0.2) is 23.1 Å². The van der Waals surface area contributed by atoms with Crippen molar-refractivity contribution < 1.29 is 8.42 Å². The normalized spacial score (nSPS) is 11.6. The van der Waals surface area contributed by atoms with Crippen molar-refractivity contribution in [2.75, 3.05) is 11.6 Å². The Labute approximate surface area is 107 Å². The van der Waals surface area contributed by atoms with E-state index >= 15 is 0 Å². The molecule has 0 bridgehead atoms. The van der Waals surface area contributed by atoms with Crippen LogP contribution in [0.15, 0.2) is 12.3 Å². The number of aryl methyl sites for hydroxylation is 1. The van der Waals surface area contributed by atoms with Gasteiger partial charge in [0.1, 0.15) is 5.82 Å². The average molecular weight is 278 g/mol. The van der Waals surface area contributed by atoms with E-state index in [9.17, 15) is 8.42 Å². The SMILES string of the molecule is Cc1nccc(CNS(=O)(=O)CCCCCl)n1. The summed E-state index contributed by atoms with van der Waals surface area (Å²) in [6, 6.07) is 1.69. The van der Waals surface area contributed by atoms with Crippen molar-refractivity contribution in [2.24, 2.45) is 0 Å². The summed E-state index contributed by atoms with van der Waals surface area (Å²) in [6.07, 6.45) is 2.89. The summed E-state index contributed by atoms with van der Waals surface area (Å²) in [7, 11) is -3.23. The molecule has 7 heteroatoms. The fraction of sp³-hybridized carbons (Fsp3) is 0.600. The molecule has 0 spiro atoms. The Morgan fingerprint density at radius 3 is 2.82 bits per heavy atom. The number of hydrogen-bond donors (Lipinski definition) is 1. The molecule has 1 aromatic rings. The maximum Gasteiger partial charge on any atom is 0.211 e. The van der Waals surface area contributed by atoms with Crippen LogP contribution >= 0.6 is 11.6 Å². The zero-order valence-electron chi connectivity index (χ0n) is 9.69. The lowest BCUT2D eigenvalue weighted by molar-refractivity contribution is 0.577. The number of halogens is 1. The number of sulfonamides is 1. The molecule has 0 amide bonds. The van der Waals surface area contributed by atoms with Gasteiger partial charge in [0.15, 0.2) is 0 Å². The Kier molecular flexibility index (Phi) is 5.80. The van der Waals surface area contributed by atoms with E-state index in [-0.39, 0.29) is 12.3 Å². The number of nitrogens with zero attached hydrogens (tertiary/aromatic N) is 2. The van der Waals surface area contributed by atoms with E-state index in [0.717, 1.165) is 0 Å². The van der Waals surface area contributed by atoms with Crippen LogP contribution in [-0.4, -0.2) is 30.0 Å². The minimum absolute atomic E-state index is 0.101. The highest BCUT2D eigenvalue weighted by atomic mass is 35.5. The zero-order valence-corrected chi connectivity index (χ0v) is 11.3. The largest absolute Gasteiger partial charge is 0.242 e. The standard InChI is InChI=1S/C10H16ClN3O2S/c1-9-12-6-4-10(14-9)8-13-17(15,16)7-3-2-5-11/h4,6,13H,2-3,5,7-8H2,1H3. The van der Waals surface area contributed by atoms with Crippen LogP contribution in [0.2, 0.25) is 0 Å². The highest BCUT2D eigenvalue weighted by Gasteiger charge is 2.09. The second kappa shape index (κ2) is 6.88. The molecule has 17 heavy (non-hydrogen) atoms. The third kappa shape index (κ3) is 5.95. The third-order valence-electron chi connectivity index (χ3n) is 2.10. The first-order valence-electron chi connectivity index (χ1n) is 5.35. The minimum Gasteiger partial charge on any atom is -0.242 e. The molecule has 0 saturated heterocycles. The van der Waals surface area contributed by atoms with Crippen molar-refractivity contribution in [2.45, 2.75) is 26.3 Å². The van der Waals surface area contributed by atoms with E-state index in [1.54, 1.807) is 19.2 Å². The van der Waals surface area contributed by atoms with Crippen molar-refractivity contribution in [3.63, 3.8) is 0 Å². The van der Waals surface area contributed by atoms with Crippen molar-refractivity contribution in [1.82, 2.24) is 14.7 Å². The van der Waals surface area contributed by atoms with E-state index in [2.05, 4.69) is 14.7 Å². The van der Waals surface area contributed by atoms with Crippen molar-refractivity contribution in [1.29, 1.82) is 0 Å². The molecular weight excluding hydrogens is 262 g/mol. The van der Waals surface area contributed by atoms with Crippen LogP contribution in [0.5, 0.6) is 0 Å². The Hall–Kier alpha value is -0.720. The molecule has 0 fully saturated rings. The Balaban J connectivity index is 2.44. The molecule has 0 aliphatic heterocycles. The molecule has 5 nitrogen and oxygen atoms in total. The number of hydrogen-bond acceptors (Lipinski definition) is 4. The van der Waals surface area contributed by atoms with Crippen LogP contribution < -0.4 is 4.72 Å². The first-order chi connectivity index (χ1) is 8.03. The number of rotatable bonds is 7. The average Bonchev–Trinajstić information content (AvgIpc) is 2.27. The molecule has 1 rings (SSSR count). The van der Waals surface area contributed by atoms with Crippen LogP contribution in [0.3, 0.4) is 0 Å². The Bertz CT molecular complexity index is 451. The van der Waals surface area contributed by atoms with E-state index in [4.69, 9.17) is 11.6 Å². The minimum atomic E-state index is -3.23. The fourth-order valence-corrected chi connectivity index (χ4v) is 2.53. The first-order valence-corrected chi connectivity index (χ1v) is 7.54. The molecule has 1 heterocycles. The molecule has 0 aliphatic rings. The van der Waals surface area contributed by atoms with Crippen LogP contribution in [0.4, 0.5) is 0 Å². The molecule has 0 saturated carbocycles. The molecule has 1 N–H and O–H groups in total. The third-order valence-corrected chi connectivity index (χ3v) is 3.78. The second-order valence-corrected chi connectivity index (χ2v) is 5.94. The Morgan fingerprint density at radius 1 is 1.41 bits per heavy atom. The molecule has 0 aromatic carbocycles. The van der Waals surface area contributed by atoms with E-state index < -0.39 is 10.0 Å². The highest BCUT2D eigenvalue weighted by Crippen LogP contribution is 1.99. The lowest BCUT2D eigenvalue weighted by Gasteiger charge is -2.05. The van der Waals surface area contributed by atoms with Crippen LogP contribution in [0, 0.1) is 6.92 Å². The lowest BCUT2D eigenvalue weighted by Crippen LogP contribution is -2.26. The van der Waals surface area contributed by atoms with E-state index in [1.807, 2.05) is 0 Å². The van der Waals surface area contributed by atoms with Gasteiger partial charge >= 0.3 is 0 Å². The molecule has 0 aliphatic carbocycles. The van der Waals surface area contributed by atoms with Gasteiger partial charge < -0.3 is 0 Å². The predicted molar refractivity (Wildman–Crippen MR) is 67.3 cm³/mol. The van der Waals surface area contributed by atoms with Gasteiger partial charge in [0.05, 0.1) is 18.0 Å².